The van der Waals surface area contributed by atoms with Crippen molar-refractivity contribution in [1.82, 2.24) is 19.9 Å². The van der Waals surface area contributed by atoms with Gasteiger partial charge in [-0.25, -0.2) is 0 Å². The molecule has 5 nitrogen and oxygen atoms in total. The summed E-state index contributed by atoms with van der Waals surface area (Å²) >= 11 is 5.82. The third kappa shape index (κ3) is 3.82. The maximum absolute atomic E-state index is 5.82. The molecule has 0 aliphatic carbocycles. The van der Waals surface area contributed by atoms with Crippen molar-refractivity contribution in [3.05, 3.63) is 114 Å². The highest BCUT2D eigenvalue weighted by molar-refractivity contribution is 7.80. The predicted molar refractivity (Wildman–Crippen MR) is 127 cm³/mol. The van der Waals surface area contributed by atoms with Gasteiger partial charge in [0.2, 0.25) is 0 Å². The Bertz CT molecular complexity index is 1170. The lowest BCUT2D eigenvalue weighted by molar-refractivity contribution is 0.533. The molecule has 0 radical (unpaired) electrons. The molecule has 3 aromatic heterocycles. The molecule has 1 N–H and O–H groups in total. The minimum atomic E-state index is -0.0578. The molecule has 2 atom stereocenters. The molecule has 0 unspecified atom stereocenters. The van der Waals surface area contributed by atoms with Gasteiger partial charge in [0, 0.05) is 42.7 Å². The van der Waals surface area contributed by atoms with Gasteiger partial charge in [-0.3, -0.25) is 9.97 Å². The van der Waals surface area contributed by atoms with Crippen LogP contribution in [0.5, 0.6) is 0 Å². The van der Waals surface area contributed by atoms with Gasteiger partial charge in [0.1, 0.15) is 6.04 Å². The highest BCUT2D eigenvalue weighted by atomic mass is 32.1. The van der Waals surface area contributed by atoms with Gasteiger partial charge >= 0.3 is 0 Å². The molecule has 6 heteroatoms. The number of aromatic nitrogens is 3. The van der Waals surface area contributed by atoms with Crippen LogP contribution in [-0.4, -0.2) is 19.6 Å². The number of thiocarbonyl (C=S) groups is 1. The van der Waals surface area contributed by atoms with E-state index in [0.717, 1.165) is 23.5 Å². The van der Waals surface area contributed by atoms with Crippen LogP contribution in [0.25, 0.3) is 0 Å². The number of hydrogen-bond acceptors (Lipinski definition) is 3. The number of pyridine rings is 2. The zero-order chi connectivity index (χ0) is 21.2. The van der Waals surface area contributed by atoms with Crippen molar-refractivity contribution in [2.75, 3.05) is 4.90 Å². The summed E-state index contributed by atoms with van der Waals surface area (Å²) in [6, 6.07) is 22.8. The fourth-order valence-corrected chi connectivity index (χ4v) is 4.51. The van der Waals surface area contributed by atoms with Crippen molar-refractivity contribution in [3.63, 3.8) is 0 Å². The van der Waals surface area contributed by atoms with E-state index in [1.807, 2.05) is 30.6 Å². The van der Waals surface area contributed by atoms with Gasteiger partial charge in [-0.05, 0) is 67.2 Å². The smallest absolute Gasteiger partial charge is 0.174 e. The number of rotatable bonds is 5. The molecule has 4 aromatic rings. The summed E-state index contributed by atoms with van der Waals surface area (Å²) in [5.41, 5.74) is 5.59. The van der Waals surface area contributed by atoms with Crippen LogP contribution in [-0.2, 0) is 6.54 Å². The van der Waals surface area contributed by atoms with Crippen molar-refractivity contribution in [1.29, 1.82) is 0 Å². The Morgan fingerprint density at radius 2 is 1.84 bits per heavy atom. The van der Waals surface area contributed by atoms with Gasteiger partial charge < -0.3 is 14.8 Å². The summed E-state index contributed by atoms with van der Waals surface area (Å²) in [5.74, 6) is 0. The van der Waals surface area contributed by atoms with Gasteiger partial charge in [-0.2, -0.15) is 0 Å². The zero-order valence-corrected chi connectivity index (χ0v) is 18.0. The summed E-state index contributed by atoms with van der Waals surface area (Å²) < 4.78 is 2.27. The monoisotopic (exact) mass is 425 g/mol. The van der Waals surface area contributed by atoms with Gasteiger partial charge in [0.05, 0.1) is 11.7 Å². The number of hydrogen-bond donors (Lipinski definition) is 1. The fourth-order valence-electron chi connectivity index (χ4n) is 4.17. The second-order valence-electron chi connectivity index (χ2n) is 7.75. The third-order valence-corrected chi connectivity index (χ3v) is 5.97. The SMILES string of the molecule is Cc1ccc(N2C(=S)N[C@H](c3ccccn3)[C@H]2c2cccn2Cc2cccnc2)cc1. The number of anilines is 1. The van der Waals surface area contributed by atoms with E-state index in [1.54, 1.807) is 6.20 Å². The average Bonchev–Trinajstić information content (AvgIpc) is 3.39. The predicted octanol–water partition coefficient (Wildman–Crippen LogP) is 4.81. The Morgan fingerprint density at radius 1 is 0.968 bits per heavy atom. The molecule has 1 aliphatic rings. The summed E-state index contributed by atoms with van der Waals surface area (Å²) in [7, 11) is 0. The van der Waals surface area contributed by atoms with Crippen LogP contribution in [0.3, 0.4) is 0 Å². The highest BCUT2D eigenvalue weighted by Crippen LogP contribution is 2.41. The molecule has 31 heavy (non-hydrogen) atoms. The van der Waals surface area contributed by atoms with E-state index in [1.165, 1.54) is 11.3 Å². The average molecular weight is 426 g/mol. The Hall–Kier alpha value is -3.51. The molecule has 1 aliphatic heterocycles. The first-order valence-electron chi connectivity index (χ1n) is 10.3. The van der Waals surface area contributed by atoms with E-state index in [9.17, 15) is 0 Å². The molecule has 0 amide bonds. The molecule has 0 spiro atoms. The lowest BCUT2D eigenvalue weighted by Gasteiger charge is -2.29. The fraction of sp³-hybridized carbons (Fsp3) is 0.160. The topological polar surface area (TPSA) is 46.0 Å². The quantitative estimate of drug-likeness (QED) is 0.465. The van der Waals surface area contributed by atoms with Crippen molar-refractivity contribution in [3.8, 4) is 0 Å². The largest absolute Gasteiger partial charge is 0.351 e. The zero-order valence-electron chi connectivity index (χ0n) is 17.2. The summed E-state index contributed by atoms with van der Waals surface area (Å²) in [6.07, 6.45) is 7.66. The molecule has 1 aromatic carbocycles. The number of nitrogens with one attached hydrogen (secondary N) is 1. The number of aryl methyl sites for hydroxylation is 1. The summed E-state index contributed by atoms with van der Waals surface area (Å²) in [5, 5.41) is 4.24. The number of benzene rings is 1. The van der Waals surface area contributed by atoms with Crippen LogP contribution in [0.15, 0.2) is 91.5 Å². The normalized spacial score (nSPS) is 18.2. The van der Waals surface area contributed by atoms with Crippen LogP contribution in [0.4, 0.5) is 5.69 Å². The second kappa shape index (κ2) is 8.32. The highest BCUT2D eigenvalue weighted by Gasteiger charge is 2.41. The van der Waals surface area contributed by atoms with Gasteiger partial charge in [0.15, 0.2) is 5.11 Å². The van der Waals surface area contributed by atoms with Gasteiger partial charge in [-0.15, -0.1) is 0 Å². The third-order valence-electron chi connectivity index (χ3n) is 5.65. The van der Waals surface area contributed by atoms with Gasteiger partial charge in [-0.1, -0.05) is 29.8 Å². The molecular weight excluding hydrogens is 402 g/mol. The van der Waals surface area contributed by atoms with E-state index in [-0.39, 0.29) is 12.1 Å². The van der Waals surface area contributed by atoms with E-state index in [2.05, 4.69) is 86.4 Å². The van der Waals surface area contributed by atoms with Crippen LogP contribution in [0, 0.1) is 6.92 Å². The molecule has 1 fully saturated rings. The summed E-state index contributed by atoms with van der Waals surface area (Å²) in [4.78, 5) is 11.1. The first-order valence-corrected chi connectivity index (χ1v) is 10.7. The molecule has 0 bridgehead atoms. The maximum Gasteiger partial charge on any atom is 0.174 e. The molecule has 4 heterocycles. The maximum atomic E-state index is 5.82. The first-order chi connectivity index (χ1) is 15.2. The standard InChI is InChI=1S/C25H23N5S/c1-18-9-11-20(12-10-18)30-24(23(28-25(30)31)21-7-2-3-14-27-21)22-8-5-15-29(22)17-19-6-4-13-26-16-19/h2-16,23-24H,17H2,1H3,(H,28,31)/t23-,24-/m1/s1. The van der Waals surface area contributed by atoms with E-state index in [4.69, 9.17) is 12.2 Å². The summed E-state index contributed by atoms with van der Waals surface area (Å²) in [6.45, 7) is 2.84. The van der Waals surface area contributed by atoms with Crippen LogP contribution < -0.4 is 10.2 Å². The molecule has 5 rings (SSSR count). The van der Waals surface area contributed by atoms with Crippen LogP contribution >= 0.6 is 12.2 Å². The molecular formula is C25H23N5S. The molecule has 1 saturated heterocycles. The van der Waals surface area contributed by atoms with Crippen molar-refractivity contribution >= 4 is 23.0 Å². The van der Waals surface area contributed by atoms with Crippen molar-refractivity contribution in [2.24, 2.45) is 0 Å². The van der Waals surface area contributed by atoms with Crippen molar-refractivity contribution in [2.45, 2.75) is 25.6 Å². The second-order valence-corrected chi connectivity index (χ2v) is 8.14. The van der Waals surface area contributed by atoms with Crippen LogP contribution in [0.1, 0.15) is 34.6 Å². The Kier molecular flexibility index (Phi) is 5.22. The van der Waals surface area contributed by atoms with Crippen LogP contribution in [0.2, 0.25) is 0 Å². The lowest BCUT2D eigenvalue weighted by atomic mass is 10.0. The Morgan fingerprint density at radius 3 is 2.58 bits per heavy atom. The van der Waals surface area contributed by atoms with E-state index < -0.39 is 0 Å². The minimum absolute atomic E-state index is 0.0308. The minimum Gasteiger partial charge on any atom is -0.351 e. The lowest BCUT2D eigenvalue weighted by Crippen LogP contribution is -2.30. The Balaban J connectivity index is 1.60. The molecule has 154 valence electrons. The van der Waals surface area contributed by atoms with E-state index >= 15 is 0 Å². The van der Waals surface area contributed by atoms with E-state index in [0.29, 0.717) is 5.11 Å². The first kappa shape index (κ1) is 19.5. The Labute approximate surface area is 187 Å². The van der Waals surface area contributed by atoms with Crippen molar-refractivity contribution < 1.29 is 0 Å². The molecule has 0 saturated carbocycles. The van der Waals surface area contributed by atoms with Gasteiger partial charge in [0.25, 0.3) is 0 Å². The number of nitrogens with zero attached hydrogens (tertiary/aromatic N) is 4.